The lowest BCUT2D eigenvalue weighted by Crippen LogP contribution is -2.34. The summed E-state index contributed by atoms with van der Waals surface area (Å²) in [6.45, 7) is 3.39. The molecule has 1 aromatic carbocycles. The molecule has 1 unspecified atom stereocenters. The summed E-state index contributed by atoms with van der Waals surface area (Å²) in [5.74, 6) is 0.442. The molecule has 1 fully saturated rings. The van der Waals surface area contributed by atoms with Crippen LogP contribution in [-0.4, -0.2) is 51.9 Å². The predicted octanol–water partition coefficient (Wildman–Crippen LogP) is 5.09. The lowest BCUT2D eigenvalue weighted by Gasteiger charge is -2.29. The van der Waals surface area contributed by atoms with E-state index in [4.69, 9.17) is 16.7 Å². The molecule has 0 spiro atoms. The summed E-state index contributed by atoms with van der Waals surface area (Å²) < 4.78 is 19.7. The zero-order valence-electron chi connectivity index (χ0n) is 20.5. The van der Waals surface area contributed by atoms with Crippen molar-refractivity contribution in [2.75, 3.05) is 18.4 Å². The zero-order chi connectivity index (χ0) is 26.2. The van der Waals surface area contributed by atoms with Gasteiger partial charge in [-0.25, -0.2) is 22.7 Å². The number of piperidine rings is 1. The molecule has 194 valence electrons. The number of halogens is 1. The highest BCUT2D eigenvalue weighted by Gasteiger charge is 2.28. The topological polar surface area (TPSA) is 97.4 Å². The van der Waals surface area contributed by atoms with Crippen molar-refractivity contribution in [2.24, 2.45) is 0 Å². The molecule has 0 bridgehead atoms. The number of thiophene rings is 1. The molecule has 6 rings (SSSR count). The molecule has 0 aliphatic carbocycles. The fraction of sp³-hybridized carbons (Fsp3) is 0.231. The maximum absolute atomic E-state index is 13.3. The normalized spacial score (nSPS) is 15.6. The third-order valence-electron chi connectivity index (χ3n) is 6.60. The maximum atomic E-state index is 13.3. The fourth-order valence-electron chi connectivity index (χ4n) is 4.58. The van der Waals surface area contributed by atoms with E-state index >= 15 is 0 Å². The van der Waals surface area contributed by atoms with Crippen LogP contribution in [0, 0.1) is 6.92 Å². The molecule has 1 aliphatic rings. The summed E-state index contributed by atoms with van der Waals surface area (Å²) in [5, 5.41) is 12.2. The molecule has 1 amide bonds. The molecule has 1 aliphatic heterocycles. The van der Waals surface area contributed by atoms with Crippen molar-refractivity contribution in [3.63, 3.8) is 0 Å². The van der Waals surface area contributed by atoms with E-state index in [-0.39, 0.29) is 11.8 Å². The van der Waals surface area contributed by atoms with Gasteiger partial charge in [-0.1, -0.05) is 29.3 Å². The first-order valence-corrected chi connectivity index (χ1v) is 14.5. The smallest absolute Gasteiger partial charge is 0.262 e. The largest absolute Gasteiger partial charge is 0.306 e. The number of carbonyl (C=O) groups excluding carboxylic acids is 1. The summed E-state index contributed by atoms with van der Waals surface area (Å²) in [7, 11) is -1.22. The maximum Gasteiger partial charge on any atom is 0.262 e. The van der Waals surface area contributed by atoms with Gasteiger partial charge < -0.3 is 5.32 Å². The molecule has 5 aromatic rings. The van der Waals surface area contributed by atoms with E-state index in [0.29, 0.717) is 34.5 Å². The molecule has 1 saturated heterocycles. The average molecular weight is 566 g/mol. The van der Waals surface area contributed by atoms with Gasteiger partial charge in [-0.05, 0) is 50.1 Å². The minimum Gasteiger partial charge on any atom is -0.306 e. The standard InChI is InChI=1S/C26H24ClN7O2S2/c1-17-3-5-19(6-4-17)34-23(30-26(35)20-16-29-33-12-2-11-28-25(20)33)15-21(31-34)18-9-13-32(14-10-18)38(36)24-8-7-22(27)37-24/h2-8,11-12,15-16,18H,9-10,13-14H2,1H3,(H,30,35). The number of aromatic nitrogens is 5. The van der Waals surface area contributed by atoms with E-state index in [0.717, 1.165) is 34.0 Å². The number of aryl methyl sites for hydroxylation is 1. The van der Waals surface area contributed by atoms with Gasteiger partial charge in [0.1, 0.15) is 26.6 Å². The van der Waals surface area contributed by atoms with E-state index in [1.54, 1.807) is 33.7 Å². The number of hydrogen-bond donors (Lipinski definition) is 1. The number of nitrogens with zero attached hydrogens (tertiary/aromatic N) is 6. The molecule has 5 heterocycles. The van der Waals surface area contributed by atoms with Crippen LogP contribution in [0.4, 0.5) is 5.82 Å². The Kier molecular flexibility index (Phi) is 6.83. The zero-order valence-corrected chi connectivity index (χ0v) is 22.8. The summed E-state index contributed by atoms with van der Waals surface area (Å²) in [4.78, 5) is 17.6. The first-order chi connectivity index (χ1) is 18.5. The lowest BCUT2D eigenvalue weighted by atomic mass is 9.95. The van der Waals surface area contributed by atoms with Crippen molar-refractivity contribution in [1.82, 2.24) is 28.7 Å². The Bertz CT molecular complexity index is 1630. The quantitative estimate of drug-likeness (QED) is 0.309. The second-order valence-corrected chi connectivity index (χ2v) is 12.5. The number of anilines is 1. The fourth-order valence-corrected chi connectivity index (χ4v) is 7.34. The molecule has 38 heavy (non-hydrogen) atoms. The van der Waals surface area contributed by atoms with E-state index in [2.05, 4.69) is 15.4 Å². The minimum atomic E-state index is -1.22. The van der Waals surface area contributed by atoms with Crippen molar-refractivity contribution in [1.29, 1.82) is 0 Å². The van der Waals surface area contributed by atoms with Crippen molar-refractivity contribution in [3.8, 4) is 5.69 Å². The van der Waals surface area contributed by atoms with Crippen molar-refractivity contribution in [3.05, 3.63) is 88.3 Å². The molecular formula is C26H24ClN7O2S2. The minimum absolute atomic E-state index is 0.177. The molecule has 1 atom stereocenters. The van der Waals surface area contributed by atoms with Crippen molar-refractivity contribution >= 4 is 51.3 Å². The van der Waals surface area contributed by atoms with Gasteiger partial charge in [-0.2, -0.15) is 10.2 Å². The van der Waals surface area contributed by atoms with Gasteiger partial charge in [0.05, 0.1) is 21.9 Å². The first-order valence-electron chi connectivity index (χ1n) is 12.1. The third-order valence-corrected chi connectivity index (χ3v) is 9.62. The van der Waals surface area contributed by atoms with Crippen LogP contribution < -0.4 is 5.32 Å². The van der Waals surface area contributed by atoms with Gasteiger partial charge in [0.25, 0.3) is 5.91 Å². The Morgan fingerprint density at radius 1 is 1.16 bits per heavy atom. The van der Waals surface area contributed by atoms with Gasteiger partial charge >= 0.3 is 0 Å². The summed E-state index contributed by atoms with van der Waals surface area (Å²) in [5.41, 5.74) is 3.75. The third kappa shape index (κ3) is 4.90. The highest BCUT2D eigenvalue weighted by atomic mass is 35.5. The SMILES string of the molecule is Cc1ccc(-n2nc(C3CCN(S(=O)c4ccc(Cl)s4)CC3)cc2NC(=O)c2cnn3cccnc23)cc1. The van der Waals surface area contributed by atoms with Gasteiger partial charge in [-0.15, -0.1) is 11.3 Å². The van der Waals surface area contributed by atoms with Gasteiger partial charge in [0.15, 0.2) is 5.65 Å². The highest BCUT2D eigenvalue weighted by Crippen LogP contribution is 2.33. The molecule has 4 aromatic heterocycles. The monoisotopic (exact) mass is 565 g/mol. The number of nitrogens with one attached hydrogen (secondary N) is 1. The average Bonchev–Trinajstić information content (AvgIpc) is 3.67. The second-order valence-electron chi connectivity index (χ2n) is 9.11. The predicted molar refractivity (Wildman–Crippen MR) is 149 cm³/mol. The number of fused-ring (bicyclic) bond motifs is 1. The molecule has 1 N–H and O–H groups in total. The number of amides is 1. The van der Waals surface area contributed by atoms with Gasteiger partial charge in [0.2, 0.25) is 0 Å². The Labute approximate surface area is 230 Å². The molecule has 9 nitrogen and oxygen atoms in total. The Morgan fingerprint density at radius 3 is 2.68 bits per heavy atom. The van der Waals surface area contributed by atoms with Crippen LogP contribution in [0.2, 0.25) is 4.34 Å². The second kappa shape index (κ2) is 10.4. The van der Waals surface area contributed by atoms with Crippen LogP contribution in [-0.2, 0) is 11.0 Å². The number of benzene rings is 1. The van der Waals surface area contributed by atoms with Crippen LogP contribution in [0.3, 0.4) is 0 Å². The van der Waals surface area contributed by atoms with Crippen LogP contribution in [0.1, 0.15) is 40.4 Å². The Morgan fingerprint density at radius 2 is 1.95 bits per heavy atom. The first kappa shape index (κ1) is 24.9. The van der Waals surface area contributed by atoms with Gasteiger partial charge in [0, 0.05) is 37.5 Å². The van der Waals surface area contributed by atoms with Gasteiger partial charge in [-0.3, -0.25) is 4.79 Å². The van der Waals surface area contributed by atoms with Crippen LogP contribution >= 0.6 is 22.9 Å². The summed E-state index contributed by atoms with van der Waals surface area (Å²) in [6, 6.07) is 15.3. The highest BCUT2D eigenvalue weighted by molar-refractivity contribution is 7.85. The van der Waals surface area contributed by atoms with E-state index in [1.165, 1.54) is 17.5 Å². The molecule has 0 saturated carbocycles. The summed E-state index contributed by atoms with van der Waals surface area (Å²) in [6.07, 6.45) is 6.51. The Balaban J connectivity index is 1.25. The van der Waals surface area contributed by atoms with Crippen LogP contribution in [0.15, 0.2) is 71.3 Å². The van der Waals surface area contributed by atoms with E-state index in [9.17, 15) is 9.00 Å². The Hall–Kier alpha value is -3.38. The molecule has 12 heteroatoms. The number of carbonyl (C=O) groups is 1. The van der Waals surface area contributed by atoms with E-state index < -0.39 is 11.0 Å². The van der Waals surface area contributed by atoms with Crippen molar-refractivity contribution in [2.45, 2.75) is 29.9 Å². The van der Waals surface area contributed by atoms with Crippen LogP contribution in [0.25, 0.3) is 11.3 Å². The number of rotatable bonds is 6. The van der Waals surface area contributed by atoms with Crippen LogP contribution in [0.5, 0.6) is 0 Å². The lowest BCUT2D eigenvalue weighted by molar-refractivity contribution is 0.102. The number of hydrogen-bond acceptors (Lipinski definition) is 6. The summed E-state index contributed by atoms with van der Waals surface area (Å²) >= 11 is 7.39. The molecular weight excluding hydrogens is 542 g/mol. The molecule has 0 radical (unpaired) electrons. The van der Waals surface area contributed by atoms with E-state index in [1.807, 2.05) is 47.6 Å². The van der Waals surface area contributed by atoms with Crippen molar-refractivity contribution < 1.29 is 9.00 Å².